The molecule has 1 saturated heterocycles. The number of hydrogen-bond acceptors (Lipinski definition) is 3. The molecule has 0 bridgehead atoms. The van der Waals surface area contributed by atoms with Crippen LogP contribution in [0.15, 0.2) is 30.9 Å². The maximum atomic E-state index is 12.3. The molecule has 2 aliphatic rings. The second kappa shape index (κ2) is 5.40. The summed E-state index contributed by atoms with van der Waals surface area (Å²) < 4.78 is 24.8. The Labute approximate surface area is 130 Å². The van der Waals surface area contributed by atoms with Crippen molar-refractivity contribution in [3.05, 3.63) is 42.0 Å². The lowest BCUT2D eigenvalue weighted by Crippen LogP contribution is -2.31. The Morgan fingerprint density at radius 2 is 1.95 bits per heavy atom. The van der Waals surface area contributed by atoms with Crippen LogP contribution in [0.5, 0.6) is 0 Å². The number of amides is 2. The molecule has 0 spiro atoms. The summed E-state index contributed by atoms with van der Waals surface area (Å²) in [7, 11) is -3.20. The standard InChI is InChI=1S/C15H19N3O3S/c1-3-6-16-7-8-18(15(16)19)14-5-4-12-10-17(22(2,20)21)11-13(12)9-14/h3-5,9H,1,6-8,10-11H2,2H3. The average Bonchev–Trinajstić information content (AvgIpc) is 3.03. The van der Waals surface area contributed by atoms with Gasteiger partial charge in [0.2, 0.25) is 10.0 Å². The number of urea groups is 1. The first-order chi connectivity index (χ1) is 10.4. The van der Waals surface area contributed by atoms with Crippen LogP contribution in [0.3, 0.4) is 0 Å². The highest BCUT2D eigenvalue weighted by Crippen LogP contribution is 2.30. The van der Waals surface area contributed by atoms with Crippen molar-refractivity contribution in [2.75, 3.05) is 30.8 Å². The quantitative estimate of drug-likeness (QED) is 0.787. The minimum absolute atomic E-state index is 0.0298. The topological polar surface area (TPSA) is 60.9 Å². The maximum absolute atomic E-state index is 12.3. The van der Waals surface area contributed by atoms with Crippen LogP contribution in [0.1, 0.15) is 11.1 Å². The van der Waals surface area contributed by atoms with E-state index in [4.69, 9.17) is 0 Å². The molecule has 0 atom stereocenters. The molecule has 2 aliphatic heterocycles. The highest BCUT2D eigenvalue weighted by Gasteiger charge is 2.31. The van der Waals surface area contributed by atoms with E-state index in [9.17, 15) is 13.2 Å². The lowest BCUT2D eigenvalue weighted by Gasteiger charge is -2.18. The van der Waals surface area contributed by atoms with Gasteiger partial charge in [0.15, 0.2) is 0 Å². The molecular weight excluding hydrogens is 302 g/mol. The highest BCUT2D eigenvalue weighted by molar-refractivity contribution is 7.88. The summed E-state index contributed by atoms with van der Waals surface area (Å²) in [5.41, 5.74) is 2.80. The van der Waals surface area contributed by atoms with Gasteiger partial charge in [-0.15, -0.1) is 6.58 Å². The number of anilines is 1. The predicted octanol–water partition coefficient (Wildman–Crippen LogP) is 1.39. The van der Waals surface area contributed by atoms with E-state index < -0.39 is 10.0 Å². The second-order valence-electron chi connectivity index (χ2n) is 5.65. The number of benzene rings is 1. The van der Waals surface area contributed by atoms with Gasteiger partial charge in [-0.3, -0.25) is 4.90 Å². The zero-order valence-corrected chi connectivity index (χ0v) is 13.3. The molecule has 0 aromatic heterocycles. The Morgan fingerprint density at radius 3 is 2.64 bits per heavy atom. The van der Waals surface area contributed by atoms with Crippen molar-refractivity contribution < 1.29 is 13.2 Å². The summed E-state index contributed by atoms with van der Waals surface area (Å²) >= 11 is 0. The minimum atomic E-state index is -3.20. The van der Waals surface area contributed by atoms with Crippen LogP contribution in [0.4, 0.5) is 10.5 Å². The molecule has 6 nitrogen and oxygen atoms in total. The number of sulfonamides is 1. The van der Waals surface area contributed by atoms with E-state index in [2.05, 4.69) is 6.58 Å². The van der Waals surface area contributed by atoms with Crippen molar-refractivity contribution in [1.82, 2.24) is 9.21 Å². The third-order valence-electron chi connectivity index (χ3n) is 4.11. The number of fused-ring (bicyclic) bond motifs is 1. The Hall–Kier alpha value is -1.86. The molecule has 2 heterocycles. The number of carbonyl (C=O) groups excluding carboxylic acids is 1. The van der Waals surface area contributed by atoms with Gasteiger partial charge < -0.3 is 4.90 Å². The van der Waals surface area contributed by atoms with E-state index in [1.165, 1.54) is 10.6 Å². The molecule has 0 aliphatic carbocycles. The Morgan fingerprint density at radius 1 is 1.23 bits per heavy atom. The van der Waals surface area contributed by atoms with Crippen LogP contribution in [0.2, 0.25) is 0 Å². The van der Waals surface area contributed by atoms with Crippen LogP contribution in [0, 0.1) is 0 Å². The van der Waals surface area contributed by atoms with E-state index in [0.717, 1.165) is 16.8 Å². The first-order valence-corrected chi connectivity index (χ1v) is 8.99. The largest absolute Gasteiger partial charge is 0.324 e. The summed E-state index contributed by atoms with van der Waals surface area (Å²) in [6, 6.07) is 5.70. The van der Waals surface area contributed by atoms with Crippen LogP contribution >= 0.6 is 0 Å². The van der Waals surface area contributed by atoms with Gasteiger partial charge in [-0.2, -0.15) is 4.31 Å². The van der Waals surface area contributed by atoms with Gasteiger partial charge in [0.05, 0.1) is 6.26 Å². The summed E-state index contributed by atoms with van der Waals surface area (Å²) in [4.78, 5) is 15.8. The number of hydrogen-bond donors (Lipinski definition) is 0. The highest BCUT2D eigenvalue weighted by atomic mass is 32.2. The predicted molar refractivity (Wildman–Crippen MR) is 85.0 cm³/mol. The van der Waals surface area contributed by atoms with Crippen LogP contribution in [-0.2, 0) is 23.1 Å². The molecule has 1 aromatic carbocycles. The van der Waals surface area contributed by atoms with Crippen molar-refractivity contribution in [2.24, 2.45) is 0 Å². The van der Waals surface area contributed by atoms with Crippen LogP contribution in [-0.4, -0.2) is 49.5 Å². The molecule has 0 N–H and O–H groups in total. The van der Waals surface area contributed by atoms with Crippen molar-refractivity contribution >= 4 is 21.7 Å². The van der Waals surface area contributed by atoms with E-state index in [0.29, 0.717) is 32.7 Å². The zero-order valence-electron chi connectivity index (χ0n) is 12.5. The maximum Gasteiger partial charge on any atom is 0.324 e. The molecule has 2 amide bonds. The zero-order chi connectivity index (χ0) is 15.9. The van der Waals surface area contributed by atoms with E-state index in [1.807, 2.05) is 18.2 Å². The molecular formula is C15H19N3O3S. The van der Waals surface area contributed by atoms with Gasteiger partial charge in [-0.05, 0) is 23.3 Å². The Bertz CT molecular complexity index is 730. The van der Waals surface area contributed by atoms with Crippen molar-refractivity contribution in [2.45, 2.75) is 13.1 Å². The van der Waals surface area contributed by atoms with E-state index >= 15 is 0 Å². The number of nitrogens with zero attached hydrogens (tertiary/aromatic N) is 3. The summed E-state index contributed by atoms with van der Waals surface area (Å²) in [6.45, 7) is 6.31. The van der Waals surface area contributed by atoms with Crippen LogP contribution < -0.4 is 4.90 Å². The summed E-state index contributed by atoms with van der Waals surface area (Å²) in [5.74, 6) is 0. The molecule has 22 heavy (non-hydrogen) atoms. The summed E-state index contributed by atoms with van der Waals surface area (Å²) in [5, 5.41) is 0. The third kappa shape index (κ3) is 2.62. The lowest BCUT2D eigenvalue weighted by molar-refractivity contribution is 0.225. The van der Waals surface area contributed by atoms with E-state index in [1.54, 1.807) is 15.9 Å². The number of carbonyl (C=O) groups is 1. The van der Waals surface area contributed by atoms with Crippen molar-refractivity contribution in [1.29, 1.82) is 0 Å². The van der Waals surface area contributed by atoms with Gasteiger partial charge in [0.25, 0.3) is 0 Å². The van der Waals surface area contributed by atoms with Crippen molar-refractivity contribution in [3.63, 3.8) is 0 Å². The van der Waals surface area contributed by atoms with Crippen molar-refractivity contribution in [3.8, 4) is 0 Å². The smallest absolute Gasteiger partial charge is 0.319 e. The fourth-order valence-electron chi connectivity index (χ4n) is 2.90. The lowest BCUT2D eigenvalue weighted by atomic mass is 10.1. The second-order valence-corrected chi connectivity index (χ2v) is 7.64. The SMILES string of the molecule is C=CCN1CCN(c2ccc3c(c2)CN(S(C)(=O)=O)C3)C1=O. The molecule has 7 heteroatoms. The number of rotatable bonds is 4. The Kier molecular flexibility index (Phi) is 3.70. The van der Waals surface area contributed by atoms with Gasteiger partial charge in [-0.25, -0.2) is 13.2 Å². The fraction of sp³-hybridized carbons (Fsp3) is 0.400. The minimum Gasteiger partial charge on any atom is -0.319 e. The average molecular weight is 321 g/mol. The first-order valence-electron chi connectivity index (χ1n) is 7.14. The third-order valence-corrected chi connectivity index (χ3v) is 5.30. The molecule has 1 aromatic rings. The molecule has 0 radical (unpaired) electrons. The van der Waals surface area contributed by atoms with Gasteiger partial charge in [0.1, 0.15) is 0 Å². The van der Waals surface area contributed by atoms with Gasteiger partial charge in [0, 0.05) is 38.4 Å². The molecule has 1 fully saturated rings. The normalized spacial score (nSPS) is 18.9. The Balaban J connectivity index is 1.82. The molecule has 118 valence electrons. The van der Waals surface area contributed by atoms with Crippen LogP contribution in [0.25, 0.3) is 0 Å². The van der Waals surface area contributed by atoms with Gasteiger partial charge in [-0.1, -0.05) is 12.1 Å². The van der Waals surface area contributed by atoms with Gasteiger partial charge >= 0.3 is 6.03 Å². The fourth-order valence-corrected chi connectivity index (χ4v) is 3.65. The molecule has 0 unspecified atom stereocenters. The monoisotopic (exact) mass is 321 g/mol. The summed E-state index contributed by atoms with van der Waals surface area (Å²) in [6.07, 6.45) is 2.94. The first kappa shape index (κ1) is 15.1. The molecule has 0 saturated carbocycles. The van der Waals surface area contributed by atoms with E-state index in [-0.39, 0.29) is 6.03 Å². The molecule has 3 rings (SSSR count).